The van der Waals surface area contributed by atoms with Gasteiger partial charge in [0.25, 0.3) is 0 Å². The van der Waals surface area contributed by atoms with Crippen molar-refractivity contribution in [2.45, 2.75) is 19.6 Å². The molecule has 0 saturated carbocycles. The molecule has 4 rings (SSSR count). The SMILES string of the molecule is CC1=[N+](Cc2cccs2)[B-](c2ccccc2)(c2ccccc2)NC(C(F)(F)F)=C1. The van der Waals surface area contributed by atoms with E-state index in [1.165, 1.54) is 6.08 Å². The van der Waals surface area contributed by atoms with Crippen LogP contribution in [0.25, 0.3) is 0 Å². The second kappa shape index (κ2) is 7.56. The molecule has 0 atom stereocenters. The molecule has 7 heteroatoms. The van der Waals surface area contributed by atoms with Gasteiger partial charge in [-0.25, -0.2) is 0 Å². The highest BCUT2D eigenvalue weighted by molar-refractivity contribution is 7.09. The van der Waals surface area contributed by atoms with E-state index >= 15 is 0 Å². The summed E-state index contributed by atoms with van der Waals surface area (Å²) in [6, 6.07) is 22.8. The summed E-state index contributed by atoms with van der Waals surface area (Å²) in [4.78, 5) is 1.09. The van der Waals surface area contributed by atoms with Crippen LogP contribution < -0.4 is 16.2 Å². The van der Waals surface area contributed by atoms with Gasteiger partial charge in [-0.1, -0.05) is 66.7 Å². The molecule has 148 valence electrons. The van der Waals surface area contributed by atoms with Crippen LogP contribution in [0.5, 0.6) is 0 Å². The summed E-state index contributed by atoms with van der Waals surface area (Å²) in [5, 5.41) is 4.93. The van der Waals surface area contributed by atoms with Crippen LogP contribution in [0.2, 0.25) is 0 Å². The van der Waals surface area contributed by atoms with E-state index in [0.717, 1.165) is 15.8 Å². The highest BCUT2D eigenvalue weighted by Crippen LogP contribution is 2.28. The summed E-state index contributed by atoms with van der Waals surface area (Å²) < 4.78 is 43.6. The minimum Gasteiger partial charge on any atom is -0.486 e. The molecule has 0 radical (unpaired) electrons. The zero-order chi connectivity index (χ0) is 20.5. The van der Waals surface area contributed by atoms with Crippen molar-refractivity contribution in [2.24, 2.45) is 0 Å². The number of alkyl halides is 3. The Balaban J connectivity index is 2.01. The van der Waals surface area contributed by atoms with Crippen LogP contribution in [-0.4, -0.2) is 22.8 Å². The van der Waals surface area contributed by atoms with Gasteiger partial charge in [-0.15, -0.1) is 22.3 Å². The molecule has 0 amide bonds. The van der Waals surface area contributed by atoms with Gasteiger partial charge in [-0.05, 0) is 11.4 Å². The van der Waals surface area contributed by atoms with E-state index in [2.05, 4.69) is 9.71 Å². The summed E-state index contributed by atoms with van der Waals surface area (Å²) in [5.74, 6) is 0. The Kier molecular flexibility index (Phi) is 5.09. The lowest BCUT2D eigenvalue weighted by Crippen LogP contribution is -2.77. The van der Waals surface area contributed by atoms with Crippen LogP contribution >= 0.6 is 11.3 Å². The van der Waals surface area contributed by atoms with Crippen molar-refractivity contribution in [3.63, 3.8) is 0 Å². The number of nitrogens with one attached hydrogen (secondary N) is 1. The molecule has 29 heavy (non-hydrogen) atoms. The summed E-state index contributed by atoms with van der Waals surface area (Å²) in [7, 11) is 0. The molecule has 2 nitrogen and oxygen atoms in total. The van der Waals surface area contributed by atoms with E-state index < -0.39 is 18.3 Å². The first-order chi connectivity index (χ1) is 13.9. The fourth-order valence-corrected chi connectivity index (χ4v) is 4.82. The monoisotopic (exact) mass is 412 g/mol. The topological polar surface area (TPSA) is 15.0 Å². The maximum Gasteiger partial charge on any atom is 0.427 e. The number of allylic oxidation sites excluding steroid dienone is 2. The van der Waals surface area contributed by atoms with E-state index in [-0.39, 0.29) is 0 Å². The molecule has 2 aromatic carbocycles. The van der Waals surface area contributed by atoms with Crippen LogP contribution in [0, 0.1) is 0 Å². The Morgan fingerprint density at radius 2 is 1.48 bits per heavy atom. The van der Waals surface area contributed by atoms with Crippen LogP contribution in [0.1, 0.15) is 11.8 Å². The van der Waals surface area contributed by atoms with Gasteiger partial charge in [0.2, 0.25) is 0 Å². The molecule has 0 unspecified atom stereocenters. The van der Waals surface area contributed by atoms with Crippen molar-refractivity contribution in [2.75, 3.05) is 0 Å². The zero-order valence-electron chi connectivity index (χ0n) is 15.9. The first-order valence-corrected chi connectivity index (χ1v) is 10.3. The second-order valence-electron chi connectivity index (χ2n) is 7.19. The highest BCUT2D eigenvalue weighted by atomic mass is 32.1. The van der Waals surface area contributed by atoms with E-state index in [1.807, 2.05) is 78.2 Å². The highest BCUT2D eigenvalue weighted by Gasteiger charge is 2.50. The first-order valence-electron chi connectivity index (χ1n) is 9.38. The molecule has 0 bridgehead atoms. The lowest BCUT2D eigenvalue weighted by molar-refractivity contribution is -0.416. The van der Waals surface area contributed by atoms with E-state index in [9.17, 15) is 13.2 Å². The first kappa shape index (κ1) is 19.5. The third kappa shape index (κ3) is 3.62. The summed E-state index contributed by atoms with van der Waals surface area (Å²) in [6.07, 6.45) is -5.35. The molecule has 1 N–H and O–H groups in total. The second-order valence-corrected chi connectivity index (χ2v) is 8.22. The van der Waals surface area contributed by atoms with Gasteiger partial charge < -0.3 is 9.71 Å². The average molecular weight is 412 g/mol. The van der Waals surface area contributed by atoms with Crippen LogP contribution in [-0.2, 0) is 6.54 Å². The van der Waals surface area contributed by atoms with Crippen molar-refractivity contribution >= 4 is 34.4 Å². The predicted octanol–water partition coefficient (Wildman–Crippen LogP) is 4.03. The molecule has 1 aromatic heterocycles. The third-order valence-corrected chi connectivity index (χ3v) is 6.27. The van der Waals surface area contributed by atoms with Crippen molar-refractivity contribution in [3.8, 4) is 0 Å². The van der Waals surface area contributed by atoms with Gasteiger partial charge in [-0.3, -0.25) is 0 Å². The number of hydrogen-bond acceptors (Lipinski definition) is 2. The van der Waals surface area contributed by atoms with Crippen LogP contribution in [0.4, 0.5) is 13.2 Å². The molecule has 1 aliphatic heterocycles. The fraction of sp³-hybridized carbons (Fsp3) is 0.136. The number of hydrogen-bond donors (Lipinski definition) is 1. The minimum atomic E-state index is -4.47. The van der Waals surface area contributed by atoms with Crippen LogP contribution in [0.15, 0.2) is 89.9 Å². The summed E-state index contributed by atoms with van der Waals surface area (Å²) >= 11 is 1.60. The van der Waals surface area contributed by atoms with Crippen LogP contribution in [0.3, 0.4) is 0 Å². The number of nitrogens with zero attached hydrogens (tertiary/aromatic N) is 1. The quantitative estimate of drug-likeness (QED) is 0.640. The molecular formula is C22H20BF3N2S. The van der Waals surface area contributed by atoms with E-state index in [1.54, 1.807) is 18.3 Å². The fourth-order valence-electron chi connectivity index (χ4n) is 4.12. The van der Waals surface area contributed by atoms with Gasteiger partial charge in [0.05, 0.1) is 10.6 Å². The maximum absolute atomic E-state index is 13.8. The average Bonchev–Trinajstić information content (AvgIpc) is 3.23. The molecule has 0 fully saturated rings. The number of thiophene rings is 1. The van der Waals surface area contributed by atoms with Gasteiger partial charge in [0, 0.05) is 13.0 Å². The molecule has 0 aliphatic carbocycles. The zero-order valence-corrected chi connectivity index (χ0v) is 16.7. The molecule has 0 spiro atoms. The van der Waals surface area contributed by atoms with Gasteiger partial charge in [-0.2, -0.15) is 13.2 Å². The molecule has 2 heterocycles. The standard InChI is InChI=1S/C22H20BF3N2S/c1-17-15-21(22(24,25)26)27-23(18-9-4-2-5-10-18,19-11-6-3-7-12-19)28(17)16-20-13-8-14-29-20/h2-15,27H,16H2,1H3. The Bertz CT molecular complexity index is 1000. The van der Waals surface area contributed by atoms with Gasteiger partial charge in [0.15, 0.2) is 0 Å². The Hall–Kier alpha value is -2.80. The maximum atomic E-state index is 13.8. The van der Waals surface area contributed by atoms with Crippen molar-refractivity contribution in [1.82, 2.24) is 5.23 Å². The molecular weight excluding hydrogens is 392 g/mol. The Labute approximate surface area is 172 Å². The van der Waals surface area contributed by atoms with Crippen molar-refractivity contribution < 1.29 is 17.7 Å². The minimum absolute atomic E-state index is 0.516. The number of rotatable bonds is 4. The predicted molar refractivity (Wildman–Crippen MR) is 114 cm³/mol. The smallest absolute Gasteiger partial charge is 0.427 e. The summed E-state index contributed by atoms with van der Waals surface area (Å²) in [6.45, 7) is 2.27. The lowest BCUT2D eigenvalue weighted by atomic mass is 9.36. The lowest BCUT2D eigenvalue weighted by Gasteiger charge is -2.44. The Morgan fingerprint density at radius 3 is 1.97 bits per heavy atom. The van der Waals surface area contributed by atoms with Crippen molar-refractivity contribution in [1.29, 1.82) is 0 Å². The van der Waals surface area contributed by atoms with Gasteiger partial charge >= 0.3 is 12.6 Å². The number of benzene rings is 2. The van der Waals surface area contributed by atoms with Gasteiger partial charge in [0.1, 0.15) is 12.3 Å². The third-order valence-electron chi connectivity index (χ3n) is 5.41. The largest absolute Gasteiger partial charge is 0.486 e. The van der Waals surface area contributed by atoms with E-state index in [4.69, 9.17) is 0 Å². The van der Waals surface area contributed by atoms with Crippen molar-refractivity contribution in [3.05, 3.63) is 94.8 Å². The molecule has 3 aromatic rings. The molecule has 0 saturated heterocycles. The summed E-state index contributed by atoms with van der Waals surface area (Å²) in [5.41, 5.74) is 1.48. The number of halogens is 3. The Morgan fingerprint density at radius 1 is 0.897 bits per heavy atom. The van der Waals surface area contributed by atoms with E-state index in [0.29, 0.717) is 12.3 Å². The molecule has 1 aliphatic rings. The normalized spacial score (nSPS) is 16.3.